The molecule has 0 aliphatic carbocycles. The molecule has 2 aromatic carbocycles. The first kappa shape index (κ1) is 14.3. The Bertz CT molecular complexity index is 851. The summed E-state index contributed by atoms with van der Waals surface area (Å²) in [7, 11) is 0. The lowest BCUT2D eigenvalue weighted by Crippen LogP contribution is -2.10. The van der Waals surface area contributed by atoms with Gasteiger partial charge in [0.25, 0.3) is 5.56 Å². The van der Waals surface area contributed by atoms with Crippen molar-refractivity contribution >= 4 is 38.5 Å². The molecule has 0 bridgehead atoms. The fourth-order valence-corrected chi connectivity index (χ4v) is 3.33. The van der Waals surface area contributed by atoms with E-state index in [0.29, 0.717) is 9.99 Å². The molecule has 3 aromatic rings. The van der Waals surface area contributed by atoms with Gasteiger partial charge < -0.3 is 0 Å². The molecular weight excluding hydrogens is 355 g/mol. The molecule has 0 atom stereocenters. The highest BCUT2D eigenvalue weighted by atomic mass is 79.9. The third-order valence-corrected chi connectivity index (χ3v) is 4.67. The van der Waals surface area contributed by atoms with E-state index in [0.717, 1.165) is 16.2 Å². The van der Waals surface area contributed by atoms with Crippen LogP contribution in [0.4, 0.5) is 4.39 Å². The minimum Gasteiger partial charge on any atom is -0.267 e. The van der Waals surface area contributed by atoms with E-state index >= 15 is 0 Å². The molecule has 21 heavy (non-hydrogen) atoms. The molecule has 0 saturated carbocycles. The Kier molecular flexibility index (Phi) is 4.07. The van der Waals surface area contributed by atoms with Crippen molar-refractivity contribution in [1.82, 2.24) is 10.2 Å². The quantitative estimate of drug-likeness (QED) is 0.711. The third-order valence-electron chi connectivity index (χ3n) is 3.02. The van der Waals surface area contributed by atoms with Crippen LogP contribution in [0.25, 0.3) is 10.8 Å². The van der Waals surface area contributed by atoms with E-state index in [1.54, 1.807) is 6.07 Å². The molecule has 0 unspecified atom stereocenters. The van der Waals surface area contributed by atoms with E-state index in [4.69, 9.17) is 0 Å². The lowest BCUT2D eigenvalue weighted by atomic mass is 10.2. The smallest absolute Gasteiger partial charge is 0.267 e. The minimum absolute atomic E-state index is 0.0286. The predicted molar refractivity (Wildman–Crippen MR) is 86.0 cm³/mol. The molecule has 0 aliphatic heterocycles. The van der Waals surface area contributed by atoms with Gasteiger partial charge in [-0.3, -0.25) is 4.79 Å². The molecule has 3 nitrogen and oxygen atoms in total. The molecule has 0 radical (unpaired) electrons. The van der Waals surface area contributed by atoms with Crippen LogP contribution < -0.4 is 5.56 Å². The lowest BCUT2D eigenvalue weighted by molar-refractivity contribution is 0.634. The molecule has 0 fully saturated rings. The molecule has 0 spiro atoms. The van der Waals surface area contributed by atoms with Gasteiger partial charge in [0.05, 0.1) is 5.39 Å². The molecule has 1 aromatic heterocycles. The summed E-state index contributed by atoms with van der Waals surface area (Å²) in [6.07, 6.45) is 0. The monoisotopic (exact) mass is 364 g/mol. The van der Waals surface area contributed by atoms with Gasteiger partial charge in [0.2, 0.25) is 0 Å². The second kappa shape index (κ2) is 5.99. The van der Waals surface area contributed by atoms with Crippen LogP contribution in [0.5, 0.6) is 0 Å². The number of nitrogens with zero attached hydrogens (tertiary/aromatic N) is 1. The van der Waals surface area contributed by atoms with Gasteiger partial charge in [-0.15, -0.1) is 11.8 Å². The van der Waals surface area contributed by atoms with Crippen molar-refractivity contribution in [2.45, 2.75) is 10.6 Å². The average molecular weight is 365 g/mol. The Morgan fingerprint density at radius 1 is 1.24 bits per heavy atom. The standard InChI is InChI=1S/C15H10BrFN2OS/c16-14-11-6-10(21-8-9-4-2-1-3-5-9)7-12(17)13(11)15(20)19-18-14/h1-7H,8H2,(H,19,20). The van der Waals surface area contributed by atoms with Gasteiger partial charge in [-0.2, -0.15) is 5.10 Å². The summed E-state index contributed by atoms with van der Waals surface area (Å²) in [4.78, 5) is 12.4. The van der Waals surface area contributed by atoms with E-state index in [9.17, 15) is 9.18 Å². The number of aromatic nitrogens is 2. The zero-order chi connectivity index (χ0) is 14.8. The van der Waals surface area contributed by atoms with Crippen molar-refractivity contribution < 1.29 is 4.39 Å². The van der Waals surface area contributed by atoms with Gasteiger partial charge in [0.15, 0.2) is 0 Å². The van der Waals surface area contributed by atoms with Crippen molar-refractivity contribution in [2.24, 2.45) is 0 Å². The van der Waals surface area contributed by atoms with Crippen LogP contribution in [0.3, 0.4) is 0 Å². The highest BCUT2D eigenvalue weighted by Crippen LogP contribution is 2.29. The molecular formula is C15H10BrFN2OS. The van der Waals surface area contributed by atoms with Crippen molar-refractivity contribution in [3.8, 4) is 0 Å². The van der Waals surface area contributed by atoms with Crippen LogP contribution in [-0.4, -0.2) is 10.2 Å². The predicted octanol–water partition coefficient (Wildman–Crippen LogP) is 4.12. The molecule has 106 valence electrons. The van der Waals surface area contributed by atoms with Crippen molar-refractivity contribution in [3.05, 3.63) is 68.8 Å². The Balaban J connectivity index is 1.97. The number of nitrogens with one attached hydrogen (secondary N) is 1. The zero-order valence-electron chi connectivity index (χ0n) is 10.8. The maximum atomic E-state index is 14.1. The summed E-state index contributed by atoms with van der Waals surface area (Å²) >= 11 is 4.75. The maximum Gasteiger partial charge on any atom is 0.275 e. The number of halogens is 2. The van der Waals surface area contributed by atoms with Crippen LogP contribution in [0.2, 0.25) is 0 Å². The van der Waals surface area contributed by atoms with Crippen LogP contribution >= 0.6 is 27.7 Å². The largest absolute Gasteiger partial charge is 0.275 e. The molecule has 0 saturated heterocycles. The topological polar surface area (TPSA) is 45.8 Å². The van der Waals surface area contributed by atoms with E-state index in [-0.39, 0.29) is 5.39 Å². The van der Waals surface area contributed by atoms with Crippen LogP contribution in [0.15, 0.2) is 56.8 Å². The van der Waals surface area contributed by atoms with Crippen LogP contribution in [-0.2, 0) is 5.75 Å². The number of aromatic amines is 1. The van der Waals surface area contributed by atoms with Crippen LogP contribution in [0.1, 0.15) is 5.56 Å². The number of H-pyrrole nitrogens is 1. The fourth-order valence-electron chi connectivity index (χ4n) is 2.02. The highest BCUT2D eigenvalue weighted by molar-refractivity contribution is 9.10. The number of rotatable bonds is 3. The normalized spacial score (nSPS) is 11.0. The highest BCUT2D eigenvalue weighted by Gasteiger charge is 2.11. The molecule has 3 rings (SSSR count). The van der Waals surface area contributed by atoms with E-state index in [2.05, 4.69) is 26.1 Å². The first-order chi connectivity index (χ1) is 10.1. The van der Waals surface area contributed by atoms with E-state index < -0.39 is 11.4 Å². The summed E-state index contributed by atoms with van der Waals surface area (Å²) < 4.78 is 14.6. The van der Waals surface area contributed by atoms with Gasteiger partial charge >= 0.3 is 0 Å². The number of fused-ring (bicyclic) bond motifs is 1. The molecule has 1 N–H and O–H groups in total. The van der Waals surface area contributed by atoms with E-state index in [1.165, 1.54) is 17.8 Å². The second-order valence-electron chi connectivity index (χ2n) is 4.45. The molecule has 1 heterocycles. The van der Waals surface area contributed by atoms with Gasteiger partial charge in [-0.1, -0.05) is 30.3 Å². The maximum absolute atomic E-state index is 14.1. The van der Waals surface area contributed by atoms with Crippen molar-refractivity contribution in [3.63, 3.8) is 0 Å². The number of hydrogen-bond donors (Lipinski definition) is 1. The summed E-state index contributed by atoms with van der Waals surface area (Å²) in [6, 6.07) is 13.1. The Labute approximate surface area is 132 Å². The molecule has 0 aliphatic rings. The van der Waals surface area contributed by atoms with Crippen molar-refractivity contribution in [1.29, 1.82) is 0 Å². The number of thioether (sulfide) groups is 1. The second-order valence-corrected chi connectivity index (χ2v) is 6.25. The number of hydrogen-bond acceptors (Lipinski definition) is 3. The third kappa shape index (κ3) is 3.01. The van der Waals surface area contributed by atoms with Gasteiger partial charge in [0.1, 0.15) is 10.4 Å². The average Bonchev–Trinajstić information content (AvgIpc) is 2.50. The first-order valence-corrected chi connectivity index (χ1v) is 7.97. The zero-order valence-corrected chi connectivity index (χ0v) is 13.2. The van der Waals surface area contributed by atoms with Crippen molar-refractivity contribution in [2.75, 3.05) is 0 Å². The van der Waals surface area contributed by atoms with Gasteiger partial charge in [0, 0.05) is 16.0 Å². The Morgan fingerprint density at radius 2 is 2.00 bits per heavy atom. The molecule has 0 amide bonds. The fraction of sp³-hybridized carbons (Fsp3) is 0.0667. The summed E-state index contributed by atoms with van der Waals surface area (Å²) in [5.41, 5.74) is 0.636. The van der Waals surface area contributed by atoms with E-state index in [1.807, 2.05) is 30.3 Å². The SMILES string of the molecule is O=c1[nH]nc(Br)c2cc(SCc3ccccc3)cc(F)c12. The van der Waals surface area contributed by atoms with Gasteiger partial charge in [-0.25, -0.2) is 9.49 Å². The van der Waals surface area contributed by atoms with Gasteiger partial charge in [-0.05, 0) is 33.6 Å². The van der Waals surface area contributed by atoms with Crippen LogP contribution in [0, 0.1) is 5.82 Å². The Hall–Kier alpha value is -1.66. The first-order valence-electron chi connectivity index (χ1n) is 6.19. The summed E-state index contributed by atoms with van der Waals surface area (Å²) in [5.74, 6) is 0.201. The number of benzene rings is 2. The minimum atomic E-state index is -0.535. The lowest BCUT2D eigenvalue weighted by Gasteiger charge is -2.06. The summed E-state index contributed by atoms with van der Waals surface area (Å²) in [6.45, 7) is 0. The molecule has 6 heteroatoms. The Morgan fingerprint density at radius 3 is 2.76 bits per heavy atom. The summed E-state index contributed by atoms with van der Waals surface area (Å²) in [5, 5.41) is 6.58.